The Kier molecular flexibility index (Phi) is 4.49. The zero-order chi connectivity index (χ0) is 14.0. The summed E-state index contributed by atoms with van der Waals surface area (Å²) in [6.07, 6.45) is -0.474. The minimum atomic E-state index is -0.558. The van der Waals surface area contributed by atoms with Gasteiger partial charge in [-0.3, -0.25) is 4.79 Å². The van der Waals surface area contributed by atoms with Crippen LogP contribution in [0.1, 0.15) is 10.4 Å². The summed E-state index contributed by atoms with van der Waals surface area (Å²) >= 11 is 8.04. The molecule has 2 N–H and O–H groups in total. The number of thiocarbonyl (C=S) groups is 1. The lowest BCUT2D eigenvalue weighted by atomic mass is 10.1. The summed E-state index contributed by atoms with van der Waals surface area (Å²) < 4.78 is 19.5. The number of nitrogens with zero attached hydrogens (tertiary/aromatic N) is 1. The van der Waals surface area contributed by atoms with Gasteiger partial charge in [-0.1, -0.05) is 18.3 Å². The van der Waals surface area contributed by atoms with Crippen molar-refractivity contribution in [2.24, 2.45) is 5.73 Å². The Hall–Kier alpha value is -1.05. The molecular formula is C12H12BrFN2O2S. The van der Waals surface area contributed by atoms with Crippen molar-refractivity contribution in [3.8, 4) is 0 Å². The van der Waals surface area contributed by atoms with Gasteiger partial charge < -0.3 is 15.4 Å². The van der Waals surface area contributed by atoms with Crippen LogP contribution in [0.2, 0.25) is 0 Å². The highest BCUT2D eigenvalue weighted by atomic mass is 79.9. The van der Waals surface area contributed by atoms with E-state index in [9.17, 15) is 9.18 Å². The van der Waals surface area contributed by atoms with Crippen LogP contribution in [-0.2, 0) is 4.74 Å². The Morgan fingerprint density at radius 3 is 2.95 bits per heavy atom. The molecule has 1 aliphatic rings. The van der Waals surface area contributed by atoms with Gasteiger partial charge in [-0.05, 0) is 28.1 Å². The second kappa shape index (κ2) is 5.94. The molecule has 7 heteroatoms. The van der Waals surface area contributed by atoms with Crippen LogP contribution in [0.25, 0.3) is 0 Å². The first-order valence-corrected chi connectivity index (χ1v) is 6.85. The number of hydrogen-bond acceptors (Lipinski definition) is 3. The first-order chi connectivity index (χ1) is 9.00. The molecule has 0 spiro atoms. The summed E-state index contributed by atoms with van der Waals surface area (Å²) in [5.74, 6) is -0.952. The van der Waals surface area contributed by atoms with Crippen molar-refractivity contribution in [2.45, 2.75) is 6.10 Å². The molecule has 0 bridgehead atoms. The molecule has 1 aliphatic heterocycles. The van der Waals surface area contributed by atoms with Crippen LogP contribution in [0.3, 0.4) is 0 Å². The minimum Gasteiger partial charge on any atom is -0.391 e. The van der Waals surface area contributed by atoms with Crippen LogP contribution in [0.5, 0.6) is 0 Å². The van der Waals surface area contributed by atoms with Crippen molar-refractivity contribution in [3.05, 3.63) is 34.1 Å². The fourth-order valence-corrected chi connectivity index (χ4v) is 2.52. The van der Waals surface area contributed by atoms with Crippen molar-refractivity contribution >= 4 is 39.0 Å². The molecular weight excluding hydrogens is 335 g/mol. The van der Waals surface area contributed by atoms with Gasteiger partial charge in [-0.15, -0.1) is 0 Å². The molecule has 0 saturated carbocycles. The molecule has 4 nitrogen and oxygen atoms in total. The number of rotatable bonds is 2. The lowest BCUT2D eigenvalue weighted by Gasteiger charge is -2.32. The molecule has 0 radical (unpaired) electrons. The molecule has 1 amide bonds. The van der Waals surface area contributed by atoms with Crippen molar-refractivity contribution in [2.75, 3.05) is 19.7 Å². The van der Waals surface area contributed by atoms with Gasteiger partial charge in [-0.25, -0.2) is 4.39 Å². The lowest BCUT2D eigenvalue weighted by molar-refractivity contribution is 0.00851. The predicted molar refractivity (Wildman–Crippen MR) is 76.5 cm³/mol. The monoisotopic (exact) mass is 346 g/mol. The molecule has 1 aromatic rings. The maximum Gasteiger partial charge on any atom is 0.258 e. The van der Waals surface area contributed by atoms with Gasteiger partial charge in [-0.2, -0.15) is 0 Å². The molecule has 1 unspecified atom stereocenters. The quantitative estimate of drug-likeness (QED) is 0.828. The molecule has 19 heavy (non-hydrogen) atoms. The fourth-order valence-electron chi connectivity index (χ4n) is 1.87. The van der Waals surface area contributed by atoms with E-state index >= 15 is 0 Å². The second-order valence-corrected chi connectivity index (χ2v) is 5.44. The molecule has 1 fully saturated rings. The summed E-state index contributed by atoms with van der Waals surface area (Å²) in [5, 5.41) is 0. The largest absolute Gasteiger partial charge is 0.391 e. The van der Waals surface area contributed by atoms with E-state index in [0.29, 0.717) is 17.6 Å². The Bertz CT molecular complexity index is 506. The van der Waals surface area contributed by atoms with Gasteiger partial charge in [0.15, 0.2) is 0 Å². The predicted octanol–water partition coefficient (Wildman–Crippen LogP) is 1.72. The SMILES string of the molecule is NC(=S)C1CN(C(=O)c2c(F)cccc2Br)CCO1. The third kappa shape index (κ3) is 3.10. The number of amides is 1. The third-order valence-electron chi connectivity index (χ3n) is 2.85. The third-order valence-corrected chi connectivity index (χ3v) is 3.77. The number of ether oxygens (including phenoxy) is 1. The molecule has 1 heterocycles. The van der Waals surface area contributed by atoms with Gasteiger partial charge in [0.2, 0.25) is 0 Å². The number of carbonyl (C=O) groups excluding carboxylic acids is 1. The number of morpholine rings is 1. The molecule has 1 aromatic carbocycles. The number of carbonyl (C=O) groups is 1. The highest BCUT2D eigenvalue weighted by Gasteiger charge is 2.28. The smallest absolute Gasteiger partial charge is 0.258 e. The van der Waals surface area contributed by atoms with Gasteiger partial charge in [0, 0.05) is 11.0 Å². The van der Waals surface area contributed by atoms with Crippen LogP contribution in [0, 0.1) is 5.82 Å². The van der Waals surface area contributed by atoms with E-state index in [0.717, 1.165) is 0 Å². The van der Waals surface area contributed by atoms with Crippen molar-refractivity contribution in [1.82, 2.24) is 4.90 Å². The summed E-state index contributed by atoms with van der Waals surface area (Å²) in [5.41, 5.74) is 5.53. The standard InChI is InChI=1S/C12H12BrFN2O2S/c13-7-2-1-3-8(14)10(7)12(17)16-4-5-18-9(6-16)11(15)19/h1-3,9H,4-6H2,(H2,15,19). The van der Waals surface area contributed by atoms with Crippen molar-refractivity contribution in [1.29, 1.82) is 0 Å². The zero-order valence-corrected chi connectivity index (χ0v) is 12.3. The van der Waals surface area contributed by atoms with Crippen LogP contribution in [0.15, 0.2) is 22.7 Å². The van der Waals surface area contributed by atoms with Crippen molar-refractivity contribution in [3.63, 3.8) is 0 Å². The first-order valence-electron chi connectivity index (χ1n) is 5.65. The highest BCUT2D eigenvalue weighted by molar-refractivity contribution is 9.10. The normalized spacial score (nSPS) is 19.3. The molecule has 0 aliphatic carbocycles. The average Bonchev–Trinajstić information content (AvgIpc) is 2.38. The van der Waals surface area contributed by atoms with E-state index in [1.165, 1.54) is 17.0 Å². The highest BCUT2D eigenvalue weighted by Crippen LogP contribution is 2.22. The van der Waals surface area contributed by atoms with E-state index in [1.807, 2.05) is 0 Å². The van der Waals surface area contributed by atoms with Gasteiger partial charge in [0.25, 0.3) is 5.91 Å². The van der Waals surface area contributed by atoms with E-state index in [4.69, 9.17) is 22.7 Å². The zero-order valence-electron chi connectivity index (χ0n) is 9.94. The van der Waals surface area contributed by atoms with E-state index in [2.05, 4.69) is 15.9 Å². The average molecular weight is 347 g/mol. The van der Waals surface area contributed by atoms with Crippen molar-refractivity contribution < 1.29 is 13.9 Å². The fraction of sp³-hybridized carbons (Fsp3) is 0.333. The van der Waals surface area contributed by atoms with Crippen LogP contribution >= 0.6 is 28.1 Å². The summed E-state index contributed by atoms with van der Waals surface area (Å²) in [6, 6.07) is 4.42. The van der Waals surface area contributed by atoms with Crippen LogP contribution in [0.4, 0.5) is 4.39 Å². The van der Waals surface area contributed by atoms with E-state index < -0.39 is 17.8 Å². The maximum absolute atomic E-state index is 13.8. The molecule has 2 rings (SSSR count). The topological polar surface area (TPSA) is 55.6 Å². The lowest BCUT2D eigenvalue weighted by Crippen LogP contribution is -2.50. The molecule has 1 atom stereocenters. The van der Waals surface area contributed by atoms with Gasteiger partial charge in [0.05, 0.1) is 18.7 Å². The summed E-state index contributed by atoms with van der Waals surface area (Å²) in [4.78, 5) is 14.0. The summed E-state index contributed by atoms with van der Waals surface area (Å²) in [6.45, 7) is 0.966. The Morgan fingerprint density at radius 1 is 1.58 bits per heavy atom. The maximum atomic E-state index is 13.8. The number of nitrogens with two attached hydrogens (primary N) is 1. The van der Waals surface area contributed by atoms with Crippen LogP contribution in [-0.4, -0.2) is 41.6 Å². The summed E-state index contributed by atoms with van der Waals surface area (Å²) in [7, 11) is 0. The Morgan fingerprint density at radius 2 is 2.32 bits per heavy atom. The number of benzene rings is 1. The van der Waals surface area contributed by atoms with Gasteiger partial charge in [0.1, 0.15) is 16.9 Å². The van der Waals surface area contributed by atoms with E-state index in [-0.39, 0.29) is 17.1 Å². The Labute approximate surface area is 123 Å². The number of halogens is 2. The second-order valence-electron chi connectivity index (χ2n) is 4.11. The van der Waals surface area contributed by atoms with E-state index in [1.54, 1.807) is 6.07 Å². The molecule has 1 saturated heterocycles. The Balaban J connectivity index is 2.22. The minimum absolute atomic E-state index is 0.0195. The first kappa shape index (κ1) is 14.4. The van der Waals surface area contributed by atoms with Crippen LogP contribution < -0.4 is 5.73 Å². The molecule has 102 valence electrons. The van der Waals surface area contributed by atoms with Gasteiger partial charge >= 0.3 is 0 Å². The number of hydrogen-bond donors (Lipinski definition) is 1. The molecule has 0 aromatic heterocycles.